The van der Waals surface area contributed by atoms with E-state index in [1.54, 1.807) is 11.6 Å². The van der Waals surface area contributed by atoms with Crippen molar-refractivity contribution in [2.45, 2.75) is 0 Å². The minimum Gasteiger partial charge on any atom is -0.383 e. The molecular weight excluding hydrogens is 415 g/mol. The average Bonchev–Trinajstić information content (AvgIpc) is 2.69. The Morgan fingerprint density at radius 1 is 1.53 bits per heavy atom. The quantitative estimate of drug-likeness (QED) is 0.451. The molecule has 0 saturated carbocycles. The molecule has 1 heterocycles. The van der Waals surface area contributed by atoms with E-state index in [0.717, 1.165) is 13.6 Å². The fourth-order valence-electron chi connectivity index (χ4n) is 1.12. The molecule has 0 spiro atoms. The van der Waals surface area contributed by atoms with Gasteiger partial charge >= 0.3 is 0 Å². The van der Waals surface area contributed by atoms with Crippen LogP contribution >= 0.6 is 49.9 Å². The zero-order chi connectivity index (χ0) is 12.3. The van der Waals surface area contributed by atoms with Crippen LogP contribution in [0.4, 0.5) is 10.9 Å². The number of hydrogen-bond donors (Lipinski definition) is 2. The van der Waals surface area contributed by atoms with Crippen LogP contribution in [0.3, 0.4) is 0 Å². The first-order valence-electron chi connectivity index (χ1n) is 4.61. The van der Waals surface area contributed by atoms with Gasteiger partial charge in [-0.25, -0.2) is 4.98 Å². The highest BCUT2D eigenvalue weighted by atomic mass is 127. The van der Waals surface area contributed by atoms with E-state index in [4.69, 9.17) is 5.73 Å². The number of aromatic nitrogens is 1. The molecule has 0 unspecified atom stereocenters. The van der Waals surface area contributed by atoms with Crippen molar-refractivity contribution < 1.29 is 0 Å². The van der Waals surface area contributed by atoms with Crippen LogP contribution in [0.5, 0.6) is 0 Å². The lowest BCUT2D eigenvalue weighted by molar-refractivity contribution is 1.29. The summed E-state index contributed by atoms with van der Waals surface area (Å²) in [7, 11) is 0. The van der Waals surface area contributed by atoms with Crippen molar-refractivity contribution in [1.82, 2.24) is 4.98 Å². The minimum atomic E-state index is 0.503. The number of rotatable bonds is 3. The third-order valence-electron chi connectivity index (χ3n) is 1.88. The smallest absolute Gasteiger partial charge is 0.205 e. The van der Waals surface area contributed by atoms with E-state index in [1.165, 1.54) is 11.3 Å². The molecule has 0 saturated heterocycles. The number of nitrogens with two attached hydrogens (primary N) is 1. The number of anilines is 2. The van der Waals surface area contributed by atoms with Crippen LogP contribution in [0, 0.1) is 3.57 Å². The third kappa shape index (κ3) is 3.39. The highest BCUT2D eigenvalue weighted by Crippen LogP contribution is 2.21. The van der Waals surface area contributed by atoms with Gasteiger partial charge in [-0.05, 0) is 34.7 Å². The van der Waals surface area contributed by atoms with Gasteiger partial charge in [-0.15, -0.1) is 11.3 Å². The first kappa shape index (κ1) is 12.8. The lowest BCUT2D eigenvalue weighted by atomic mass is 10.2. The number of benzene rings is 1. The largest absolute Gasteiger partial charge is 0.383 e. The van der Waals surface area contributed by atoms with Gasteiger partial charge in [0.25, 0.3) is 0 Å². The number of hydrazone groups is 1. The van der Waals surface area contributed by atoms with Crippen LogP contribution in [-0.4, -0.2) is 11.2 Å². The van der Waals surface area contributed by atoms with Crippen LogP contribution in [0.25, 0.3) is 0 Å². The summed E-state index contributed by atoms with van der Waals surface area (Å²) in [4.78, 5) is 4.04. The summed E-state index contributed by atoms with van der Waals surface area (Å²) in [5, 5.41) is 6.57. The lowest BCUT2D eigenvalue weighted by Crippen LogP contribution is -1.93. The van der Waals surface area contributed by atoms with Gasteiger partial charge in [-0.2, -0.15) is 5.10 Å². The van der Waals surface area contributed by atoms with Crippen molar-refractivity contribution in [2.24, 2.45) is 5.10 Å². The monoisotopic (exact) mass is 422 g/mol. The first-order valence-corrected chi connectivity index (χ1v) is 7.36. The summed E-state index contributed by atoms with van der Waals surface area (Å²) in [5.74, 6) is 0.503. The highest BCUT2D eigenvalue weighted by molar-refractivity contribution is 14.1. The van der Waals surface area contributed by atoms with Crippen molar-refractivity contribution in [3.05, 3.63) is 37.2 Å². The van der Waals surface area contributed by atoms with E-state index in [0.29, 0.717) is 10.9 Å². The van der Waals surface area contributed by atoms with Gasteiger partial charge in [-0.1, -0.05) is 22.0 Å². The molecule has 0 aliphatic rings. The van der Waals surface area contributed by atoms with Crippen LogP contribution in [0.1, 0.15) is 5.56 Å². The lowest BCUT2D eigenvalue weighted by Gasteiger charge is -2.00. The number of nitrogens with one attached hydrogen (secondary N) is 1. The zero-order valence-corrected chi connectivity index (χ0v) is 13.1. The van der Waals surface area contributed by atoms with E-state index in [9.17, 15) is 0 Å². The van der Waals surface area contributed by atoms with Crippen LogP contribution < -0.4 is 11.2 Å². The van der Waals surface area contributed by atoms with Crippen LogP contribution in [0.15, 0.2) is 33.2 Å². The SMILES string of the molecule is Nc1csc(NN=Cc2c(Br)cccc2I)n1. The van der Waals surface area contributed by atoms with Crippen molar-refractivity contribution in [1.29, 1.82) is 0 Å². The second-order valence-electron chi connectivity index (χ2n) is 3.08. The Balaban J connectivity index is 2.10. The van der Waals surface area contributed by atoms with Crippen molar-refractivity contribution in [3.8, 4) is 0 Å². The molecule has 0 bridgehead atoms. The van der Waals surface area contributed by atoms with Crippen LogP contribution in [-0.2, 0) is 0 Å². The Bertz CT molecular complexity index is 535. The van der Waals surface area contributed by atoms with E-state index in [1.807, 2.05) is 18.2 Å². The van der Waals surface area contributed by atoms with E-state index in [2.05, 4.69) is 54.0 Å². The minimum absolute atomic E-state index is 0.503. The van der Waals surface area contributed by atoms with Gasteiger partial charge < -0.3 is 5.73 Å². The molecule has 7 heteroatoms. The predicted octanol–water partition coefficient (Wildman–Crippen LogP) is 3.54. The molecule has 88 valence electrons. The molecule has 0 amide bonds. The first-order chi connectivity index (χ1) is 8.16. The standard InChI is InChI=1S/C10H8BrIN4S/c11-7-2-1-3-8(12)6(7)4-14-16-10-15-9(13)5-17-10/h1-5H,13H2,(H,15,16). The second kappa shape index (κ2) is 5.78. The Morgan fingerprint density at radius 2 is 2.35 bits per heavy atom. The molecule has 17 heavy (non-hydrogen) atoms. The van der Waals surface area contributed by atoms with Crippen molar-refractivity contribution in [3.63, 3.8) is 0 Å². The number of halogens is 2. The van der Waals surface area contributed by atoms with Crippen LogP contribution in [0.2, 0.25) is 0 Å². The van der Waals surface area contributed by atoms with E-state index < -0.39 is 0 Å². The highest BCUT2D eigenvalue weighted by Gasteiger charge is 2.01. The molecule has 0 atom stereocenters. The molecule has 3 N–H and O–H groups in total. The predicted molar refractivity (Wildman–Crippen MR) is 84.6 cm³/mol. The molecule has 0 aliphatic carbocycles. The molecule has 1 aromatic carbocycles. The summed E-state index contributed by atoms with van der Waals surface area (Å²) in [6.45, 7) is 0. The number of thiazole rings is 1. The maximum Gasteiger partial charge on any atom is 0.205 e. The molecule has 4 nitrogen and oxygen atoms in total. The number of nitrogen functional groups attached to an aromatic ring is 1. The normalized spacial score (nSPS) is 10.9. The molecule has 0 fully saturated rings. The Morgan fingerprint density at radius 3 is 3.00 bits per heavy atom. The zero-order valence-electron chi connectivity index (χ0n) is 8.52. The molecule has 0 aliphatic heterocycles. The fraction of sp³-hybridized carbons (Fsp3) is 0. The topological polar surface area (TPSA) is 63.3 Å². The van der Waals surface area contributed by atoms with Gasteiger partial charge in [0, 0.05) is 19.0 Å². The number of nitrogens with zero attached hydrogens (tertiary/aromatic N) is 2. The van der Waals surface area contributed by atoms with Crippen molar-refractivity contribution in [2.75, 3.05) is 11.2 Å². The van der Waals surface area contributed by atoms with Gasteiger partial charge in [0.1, 0.15) is 5.82 Å². The molecule has 0 radical (unpaired) electrons. The summed E-state index contributed by atoms with van der Waals surface area (Å²) < 4.78 is 2.13. The molecular formula is C10H8BrIN4S. The second-order valence-corrected chi connectivity index (χ2v) is 5.96. The molecule has 2 aromatic rings. The molecule has 2 rings (SSSR count). The summed E-state index contributed by atoms with van der Waals surface area (Å²) in [5.41, 5.74) is 9.38. The Labute approximate surface area is 125 Å². The van der Waals surface area contributed by atoms with E-state index >= 15 is 0 Å². The van der Waals surface area contributed by atoms with Crippen molar-refractivity contribution >= 4 is 67.0 Å². The van der Waals surface area contributed by atoms with Gasteiger partial charge in [0.2, 0.25) is 5.13 Å². The maximum atomic E-state index is 5.51. The van der Waals surface area contributed by atoms with Gasteiger partial charge in [0.15, 0.2) is 0 Å². The average molecular weight is 423 g/mol. The van der Waals surface area contributed by atoms with Gasteiger partial charge in [-0.3, -0.25) is 5.43 Å². The van der Waals surface area contributed by atoms with Gasteiger partial charge in [0.05, 0.1) is 6.21 Å². The fourth-order valence-corrected chi connectivity index (χ4v) is 3.15. The molecule has 1 aromatic heterocycles. The Hall–Kier alpha value is -0.670. The summed E-state index contributed by atoms with van der Waals surface area (Å²) in [6.07, 6.45) is 1.75. The Kier molecular flexibility index (Phi) is 4.35. The summed E-state index contributed by atoms with van der Waals surface area (Å²) >= 11 is 7.16. The van der Waals surface area contributed by atoms with E-state index in [-0.39, 0.29) is 0 Å². The summed E-state index contributed by atoms with van der Waals surface area (Å²) in [6, 6.07) is 5.98. The number of hydrogen-bond acceptors (Lipinski definition) is 5. The maximum absolute atomic E-state index is 5.51. The third-order valence-corrected chi connectivity index (χ3v) is 4.27.